The average Bonchev–Trinajstić information content (AvgIpc) is 3.62. The van der Waals surface area contributed by atoms with Crippen LogP contribution in [0.3, 0.4) is 0 Å². The molecule has 10 aromatic rings. The van der Waals surface area contributed by atoms with Gasteiger partial charge < -0.3 is 9.47 Å². The second-order valence-electron chi connectivity index (χ2n) is 14.1. The van der Waals surface area contributed by atoms with E-state index in [1.54, 1.807) is 0 Å². The van der Waals surface area contributed by atoms with E-state index in [0.29, 0.717) is 0 Å². The first kappa shape index (κ1) is 33.2. The standard InChI is InChI=1S/C54H38N2/c1-5-20-39(21-6-1)45-30-13-14-32-49(45)53-46(40-22-7-2-8-23-40)33-19-37-52(53)55(42-25-9-3-10-26-42)44-29-17-24-41(38-44)47-34-18-35-50-48-31-15-16-36-51(48)56(54(47)50)43-27-11-4-12-28-43/h1-38H. The molecule has 0 aliphatic heterocycles. The maximum Gasteiger partial charge on any atom is 0.0619 e. The highest BCUT2D eigenvalue weighted by molar-refractivity contribution is 6.14. The summed E-state index contributed by atoms with van der Waals surface area (Å²) >= 11 is 0. The van der Waals surface area contributed by atoms with Gasteiger partial charge in [0.05, 0.1) is 16.7 Å². The third-order valence-electron chi connectivity index (χ3n) is 10.8. The number of rotatable bonds is 8. The second-order valence-corrected chi connectivity index (χ2v) is 14.1. The van der Waals surface area contributed by atoms with Gasteiger partial charge in [-0.15, -0.1) is 0 Å². The highest BCUT2D eigenvalue weighted by Gasteiger charge is 2.23. The van der Waals surface area contributed by atoms with Gasteiger partial charge in [-0.3, -0.25) is 0 Å². The molecule has 2 nitrogen and oxygen atoms in total. The average molecular weight is 715 g/mol. The Morgan fingerprint density at radius 2 is 0.821 bits per heavy atom. The first-order chi connectivity index (χ1) is 27.8. The summed E-state index contributed by atoms with van der Waals surface area (Å²) < 4.78 is 2.42. The van der Waals surface area contributed by atoms with Crippen molar-refractivity contribution >= 4 is 38.9 Å². The maximum absolute atomic E-state index is 2.43. The Morgan fingerprint density at radius 1 is 0.321 bits per heavy atom. The summed E-state index contributed by atoms with van der Waals surface area (Å²) in [5.74, 6) is 0. The van der Waals surface area contributed by atoms with Crippen LogP contribution >= 0.6 is 0 Å². The SMILES string of the molecule is c1ccc(-c2ccccc2-c2c(-c3ccccc3)cccc2N(c2ccccc2)c2cccc(-c3cccc4c5ccccc5n(-c5ccccc5)c34)c2)cc1. The maximum atomic E-state index is 2.43. The van der Waals surface area contributed by atoms with E-state index in [0.717, 1.165) is 28.3 Å². The van der Waals surface area contributed by atoms with Gasteiger partial charge in [-0.25, -0.2) is 0 Å². The molecular weight excluding hydrogens is 677 g/mol. The molecule has 0 saturated heterocycles. The minimum Gasteiger partial charge on any atom is -0.310 e. The van der Waals surface area contributed by atoms with Crippen molar-refractivity contribution in [2.45, 2.75) is 0 Å². The molecule has 9 aromatic carbocycles. The number of para-hydroxylation sites is 4. The van der Waals surface area contributed by atoms with Crippen molar-refractivity contribution < 1.29 is 0 Å². The van der Waals surface area contributed by atoms with Gasteiger partial charge in [-0.05, 0) is 81.9 Å². The lowest BCUT2D eigenvalue weighted by Gasteiger charge is -2.30. The van der Waals surface area contributed by atoms with Crippen LogP contribution in [0.15, 0.2) is 231 Å². The fourth-order valence-electron chi connectivity index (χ4n) is 8.35. The summed E-state index contributed by atoms with van der Waals surface area (Å²) in [5, 5.41) is 2.48. The van der Waals surface area contributed by atoms with Crippen LogP contribution in [0.25, 0.3) is 72.0 Å². The number of nitrogens with zero attached hydrogens (tertiary/aromatic N) is 2. The van der Waals surface area contributed by atoms with Gasteiger partial charge in [-0.1, -0.05) is 182 Å². The summed E-state index contributed by atoms with van der Waals surface area (Å²) in [5.41, 5.74) is 16.3. The molecule has 0 amide bonds. The van der Waals surface area contributed by atoms with Crippen molar-refractivity contribution in [3.63, 3.8) is 0 Å². The van der Waals surface area contributed by atoms with Gasteiger partial charge >= 0.3 is 0 Å². The van der Waals surface area contributed by atoms with Gasteiger partial charge in [0.1, 0.15) is 0 Å². The molecule has 0 radical (unpaired) electrons. The van der Waals surface area contributed by atoms with Crippen molar-refractivity contribution in [1.82, 2.24) is 4.57 Å². The molecule has 1 heterocycles. The Bertz CT molecular complexity index is 2950. The molecule has 2 heteroatoms. The normalized spacial score (nSPS) is 11.2. The van der Waals surface area contributed by atoms with E-state index in [1.807, 2.05) is 0 Å². The van der Waals surface area contributed by atoms with Gasteiger partial charge in [-0.2, -0.15) is 0 Å². The molecule has 0 atom stereocenters. The lowest BCUT2D eigenvalue weighted by molar-refractivity contribution is 1.18. The van der Waals surface area contributed by atoms with Crippen molar-refractivity contribution in [3.05, 3.63) is 231 Å². The van der Waals surface area contributed by atoms with Crippen LogP contribution in [0.2, 0.25) is 0 Å². The molecule has 56 heavy (non-hydrogen) atoms. The zero-order valence-electron chi connectivity index (χ0n) is 30.8. The molecule has 0 bridgehead atoms. The summed E-state index contributed by atoms with van der Waals surface area (Å²) in [6, 6.07) is 83.1. The highest BCUT2D eigenvalue weighted by atomic mass is 15.1. The van der Waals surface area contributed by atoms with Crippen molar-refractivity contribution in [2.24, 2.45) is 0 Å². The van der Waals surface area contributed by atoms with E-state index < -0.39 is 0 Å². The van der Waals surface area contributed by atoms with Crippen molar-refractivity contribution in [2.75, 3.05) is 4.90 Å². The Balaban J connectivity index is 1.24. The predicted molar refractivity (Wildman–Crippen MR) is 237 cm³/mol. The third-order valence-corrected chi connectivity index (χ3v) is 10.8. The zero-order valence-corrected chi connectivity index (χ0v) is 30.8. The molecule has 0 saturated carbocycles. The fourth-order valence-corrected chi connectivity index (χ4v) is 8.35. The van der Waals surface area contributed by atoms with Crippen molar-refractivity contribution in [1.29, 1.82) is 0 Å². The Labute approximate surface area is 327 Å². The molecule has 264 valence electrons. The molecule has 10 rings (SSSR count). The lowest BCUT2D eigenvalue weighted by atomic mass is 9.87. The molecule has 0 aliphatic carbocycles. The zero-order chi connectivity index (χ0) is 37.3. The molecule has 1 aromatic heterocycles. The van der Waals surface area contributed by atoms with Crippen LogP contribution in [-0.2, 0) is 0 Å². The van der Waals surface area contributed by atoms with Gasteiger partial charge in [0.15, 0.2) is 0 Å². The molecule has 0 N–H and O–H groups in total. The van der Waals surface area contributed by atoms with Crippen LogP contribution in [0.4, 0.5) is 17.1 Å². The number of aromatic nitrogens is 1. The quantitative estimate of drug-likeness (QED) is 0.152. The molecule has 0 aliphatic rings. The second kappa shape index (κ2) is 14.4. The smallest absolute Gasteiger partial charge is 0.0619 e. The van der Waals surface area contributed by atoms with Crippen LogP contribution in [-0.4, -0.2) is 4.57 Å². The third kappa shape index (κ3) is 5.85. The van der Waals surface area contributed by atoms with E-state index in [1.165, 1.54) is 60.8 Å². The number of fused-ring (bicyclic) bond motifs is 3. The number of benzene rings is 9. The summed E-state index contributed by atoms with van der Waals surface area (Å²) in [4.78, 5) is 2.43. The van der Waals surface area contributed by atoms with Gasteiger partial charge in [0.25, 0.3) is 0 Å². The number of hydrogen-bond acceptors (Lipinski definition) is 1. The fraction of sp³-hybridized carbons (Fsp3) is 0. The first-order valence-electron chi connectivity index (χ1n) is 19.2. The monoisotopic (exact) mass is 714 g/mol. The van der Waals surface area contributed by atoms with E-state index in [2.05, 4.69) is 240 Å². The van der Waals surface area contributed by atoms with Crippen LogP contribution < -0.4 is 4.90 Å². The molecular formula is C54H38N2. The lowest BCUT2D eigenvalue weighted by Crippen LogP contribution is -2.12. The summed E-state index contributed by atoms with van der Waals surface area (Å²) in [6.07, 6.45) is 0. The van der Waals surface area contributed by atoms with E-state index in [-0.39, 0.29) is 0 Å². The number of anilines is 3. The largest absolute Gasteiger partial charge is 0.310 e. The van der Waals surface area contributed by atoms with Gasteiger partial charge in [0, 0.05) is 39.0 Å². The Kier molecular flexibility index (Phi) is 8.55. The van der Waals surface area contributed by atoms with Crippen LogP contribution in [0, 0.1) is 0 Å². The van der Waals surface area contributed by atoms with E-state index >= 15 is 0 Å². The first-order valence-corrected chi connectivity index (χ1v) is 19.2. The number of hydrogen-bond donors (Lipinski definition) is 0. The topological polar surface area (TPSA) is 8.17 Å². The molecule has 0 unspecified atom stereocenters. The summed E-state index contributed by atoms with van der Waals surface area (Å²) in [7, 11) is 0. The molecule has 0 fully saturated rings. The predicted octanol–water partition coefficient (Wildman–Crippen LogP) is 14.9. The molecule has 0 spiro atoms. The minimum atomic E-state index is 1.08. The Morgan fingerprint density at radius 3 is 1.57 bits per heavy atom. The Hall–Kier alpha value is -7.42. The van der Waals surface area contributed by atoms with E-state index in [9.17, 15) is 0 Å². The van der Waals surface area contributed by atoms with Crippen molar-refractivity contribution in [3.8, 4) is 50.2 Å². The van der Waals surface area contributed by atoms with Gasteiger partial charge in [0.2, 0.25) is 0 Å². The highest BCUT2D eigenvalue weighted by Crippen LogP contribution is 2.48. The minimum absolute atomic E-state index is 1.08. The summed E-state index contributed by atoms with van der Waals surface area (Å²) in [6.45, 7) is 0. The van der Waals surface area contributed by atoms with Crippen LogP contribution in [0.1, 0.15) is 0 Å². The van der Waals surface area contributed by atoms with E-state index in [4.69, 9.17) is 0 Å². The van der Waals surface area contributed by atoms with Crippen LogP contribution in [0.5, 0.6) is 0 Å².